The van der Waals surface area contributed by atoms with Crippen molar-refractivity contribution >= 4 is 38.6 Å². The Kier molecular flexibility index (Phi) is 7.30. The SMILES string of the molecule is COc1cc(N2CCCC2=O)ccc1Nc1cc(NCc2cccc(S(C)(=O)=O)c2)c(C(F)(F)F)cn1. The number of halogens is 3. The Morgan fingerprint density at radius 3 is 2.54 bits per heavy atom. The quantitative estimate of drug-likeness (QED) is 0.420. The Morgan fingerprint density at radius 2 is 1.89 bits per heavy atom. The summed E-state index contributed by atoms with van der Waals surface area (Å²) in [5.74, 6) is 0.541. The molecule has 1 fully saturated rings. The van der Waals surface area contributed by atoms with Gasteiger partial charge < -0.3 is 20.3 Å². The van der Waals surface area contributed by atoms with Crippen molar-refractivity contribution in [3.63, 3.8) is 0 Å². The molecular weight excluding hydrogens is 509 g/mol. The highest BCUT2D eigenvalue weighted by atomic mass is 32.2. The maximum Gasteiger partial charge on any atom is 0.419 e. The third kappa shape index (κ3) is 6.13. The van der Waals surface area contributed by atoms with Crippen LogP contribution < -0.4 is 20.3 Å². The Balaban J connectivity index is 1.60. The molecule has 37 heavy (non-hydrogen) atoms. The highest BCUT2D eigenvalue weighted by molar-refractivity contribution is 7.90. The van der Waals surface area contributed by atoms with Gasteiger partial charge in [-0.1, -0.05) is 12.1 Å². The third-order valence-corrected chi connectivity index (χ3v) is 6.96. The average Bonchev–Trinajstić information content (AvgIpc) is 3.28. The molecule has 0 radical (unpaired) electrons. The van der Waals surface area contributed by atoms with Gasteiger partial charge >= 0.3 is 6.18 Å². The number of anilines is 4. The first-order valence-electron chi connectivity index (χ1n) is 11.3. The van der Waals surface area contributed by atoms with Gasteiger partial charge in [-0.3, -0.25) is 4.79 Å². The molecule has 2 aromatic carbocycles. The van der Waals surface area contributed by atoms with E-state index in [9.17, 15) is 26.4 Å². The van der Waals surface area contributed by atoms with Crippen LogP contribution in [0.25, 0.3) is 0 Å². The number of hydrogen-bond donors (Lipinski definition) is 2. The van der Waals surface area contributed by atoms with E-state index in [2.05, 4.69) is 15.6 Å². The average molecular weight is 535 g/mol. The van der Waals surface area contributed by atoms with Crippen LogP contribution in [-0.4, -0.2) is 39.2 Å². The van der Waals surface area contributed by atoms with E-state index in [4.69, 9.17) is 4.74 Å². The number of nitrogens with zero attached hydrogens (tertiary/aromatic N) is 2. The number of benzene rings is 2. The molecule has 1 aliphatic rings. The van der Waals surface area contributed by atoms with Crippen LogP contribution in [0.1, 0.15) is 24.0 Å². The number of methoxy groups -OCH3 is 1. The predicted octanol–water partition coefficient (Wildman–Crippen LogP) is 5.00. The lowest BCUT2D eigenvalue weighted by atomic mass is 10.2. The fourth-order valence-corrected chi connectivity index (χ4v) is 4.68. The lowest BCUT2D eigenvalue weighted by molar-refractivity contribution is -0.137. The number of nitrogens with one attached hydrogen (secondary N) is 2. The standard InChI is InChI=1S/C25H25F3N4O4S/c1-36-22-12-17(32-10-4-7-24(32)33)8-9-20(22)31-23-13-21(19(15-30-23)25(26,27)28)29-14-16-5-3-6-18(11-16)37(2,34)35/h3,5-6,8-9,11-13,15H,4,7,10,14H2,1-2H3,(H2,29,30,31). The molecule has 1 amide bonds. The molecular formula is C25H25F3N4O4S. The number of hydrogen-bond acceptors (Lipinski definition) is 7. The molecule has 0 saturated carbocycles. The lowest BCUT2D eigenvalue weighted by Crippen LogP contribution is -2.23. The molecule has 12 heteroatoms. The zero-order valence-electron chi connectivity index (χ0n) is 20.1. The largest absolute Gasteiger partial charge is 0.494 e. The van der Waals surface area contributed by atoms with E-state index in [0.717, 1.165) is 18.9 Å². The van der Waals surface area contributed by atoms with E-state index in [1.54, 1.807) is 29.2 Å². The Morgan fingerprint density at radius 1 is 1.11 bits per heavy atom. The maximum absolute atomic E-state index is 13.7. The number of pyridine rings is 1. The van der Waals surface area contributed by atoms with E-state index >= 15 is 0 Å². The van der Waals surface area contributed by atoms with Gasteiger partial charge in [-0.15, -0.1) is 0 Å². The van der Waals surface area contributed by atoms with E-state index in [0.29, 0.717) is 35.7 Å². The second kappa shape index (κ2) is 10.3. The Hall–Kier alpha value is -3.80. The summed E-state index contributed by atoms with van der Waals surface area (Å²) in [6, 6.07) is 12.3. The lowest BCUT2D eigenvalue weighted by Gasteiger charge is -2.19. The number of carbonyl (C=O) groups excluding carboxylic acids is 1. The normalized spacial score (nSPS) is 14.1. The van der Waals surface area contributed by atoms with Crippen LogP contribution >= 0.6 is 0 Å². The molecule has 0 aliphatic carbocycles. The minimum absolute atomic E-state index is 0.0185. The van der Waals surface area contributed by atoms with Crippen LogP contribution in [0.2, 0.25) is 0 Å². The van der Waals surface area contributed by atoms with Crippen molar-refractivity contribution in [3.05, 3.63) is 65.9 Å². The van der Waals surface area contributed by atoms with Gasteiger partial charge in [0, 0.05) is 49.8 Å². The number of sulfone groups is 1. The molecule has 3 aromatic rings. The molecule has 0 bridgehead atoms. The Labute approximate surface area is 212 Å². The smallest absolute Gasteiger partial charge is 0.419 e. The van der Waals surface area contributed by atoms with Crippen LogP contribution in [0.3, 0.4) is 0 Å². The summed E-state index contributed by atoms with van der Waals surface area (Å²) in [5, 5.41) is 5.72. The molecule has 8 nitrogen and oxygen atoms in total. The molecule has 0 spiro atoms. The molecule has 196 valence electrons. The van der Waals surface area contributed by atoms with E-state index in [1.165, 1.54) is 31.4 Å². The van der Waals surface area contributed by atoms with Crippen LogP contribution in [0.5, 0.6) is 5.75 Å². The van der Waals surface area contributed by atoms with E-state index < -0.39 is 21.6 Å². The van der Waals surface area contributed by atoms with Crippen LogP contribution in [0.15, 0.2) is 59.6 Å². The summed E-state index contributed by atoms with van der Waals surface area (Å²) >= 11 is 0. The minimum Gasteiger partial charge on any atom is -0.494 e. The van der Waals surface area contributed by atoms with Gasteiger partial charge in [0.05, 0.1) is 28.9 Å². The molecule has 1 saturated heterocycles. The summed E-state index contributed by atoms with van der Waals surface area (Å²) < 4.78 is 70.0. The van der Waals surface area contributed by atoms with Crippen molar-refractivity contribution in [2.75, 3.05) is 35.4 Å². The van der Waals surface area contributed by atoms with Gasteiger partial charge in [-0.05, 0) is 36.2 Å². The van der Waals surface area contributed by atoms with Gasteiger partial charge in [0.2, 0.25) is 5.91 Å². The van der Waals surface area contributed by atoms with Crippen LogP contribution in [-0.2, 0) is 27.4 Å². The summed E-state index contributed by atoms with van der Waals surface area (Å²) in [5.41, 5.74) is 0.428. The minimum atomic E-state index is -4.66. The monoisotopic (exact) mass is 534 g/mol. The van der Waals surface area contributed by atoms with Gasteiger partial charge in [0.15, 0.2) is 9.84 Å². The molecule has 0 atom stereocenters. The number of carbonyl (C=O) groups is 1. The second-order valence-electron chi connectivity index (χ2n) is 8.54. The van der Waals surface area contributed by atoms with Gasteiger partial charge in [0.1, 0.15) is 11.6 Å². The van der Waals surface area contributed by atoms with Crippen molar-refractivity contribution < 1.29 is 31.1 Å². The zero-order valence-corrected chi connectivity index (χ0v) is 20.9. The van der Waals surface area contributed by atoms with Crippen molar-refractivity contribution in [1.82, 2.24) is 4.98 Å². The number of rotatable bonds is 8. The number of aromatic nitrogens is 1. The Bertz CT molecular complexity index is 1430. The summed E-state index contributed by atoms with van der Waals surface area (Å²) in [6.45, 7) is 0.565. The summed E-state index contributed by atoms with van der Waals surface area (Å²) in [6.07, 6.45) is -1.63. The number of ether oxygens (including phenoxy) is 1. The third-order valence-electron chi connectivity index (χ3n) is 5.85. The number of amides is 1. The van der Waals surface area contributed by atoms with Crippen molar-refractivity contribution in [2.45, 2.75) is 30.5 Å². The van der Waals surface area contributed by atoms with Crippen molar-refractivity contribution in [2.24, 2.45) is 0 Å². The predicted molar refractivity (Wildman–Crippen MR) is 134 cm³/mol. The molecule has 1 aliphatic heterocycles. The summed E-state index contributed by atoms with van der Waals surface area (Å²) in [4.78, 5) is 17.7. The van der Waals surface area contributed by atoms with E-state index in [1.807, 2.05) is 0 Å². The van der Waals surface area contributed by atoms with Gasteiger partial charge in [-0.2, -0.15) is 13.2 Å². The van der Waals surface area contributed by atoms with Gasteiger partial charge in [0.25, 0.3) is 0 Å². The van der Waals surface area contributed by atoms with E-state index in [-0.39, 0.29) is 28.9 Å². The zero-order chi connectivity index (χ0) is 26.8. The van der Waals surface area contributed by atoms with Gasteiger partial charge in [-0.25, -0.2) is 13.4 Å². The van der Waals surface area contributed by atoms with Crippen LogP contribution in [0, 0.1) is 0 Å². The highest BCUT2D eigenvalue weighted by Crippen LogP contribution is 2.38. The molecule has 0 unspecified atom stereocenters. The first kappa shape index (κ1) is 26.3. The fraction of sp³-hybridized carbons (Fsp3) is 0.280. The molecule has 1 aromatic heterocycles. The highest BCUT2D eigenvalue weighted by Gasteiger charge is 2.34. The molecule has 4 rings (SSSR count). The number of alkyl halides is 3. The second-order valence-corrected chi connectivity index (χ2v) is 10.6. The maximum atomic E-state index is 13.7. The first-order valence-corrected chi connectivity index (χ1v) is 13.2. The molecule has 2 N–H and O–H groups in total. The van der Waals surface area contributed by atoms with Crippen molar-refractivity contribution in [3.8, 4) is 5.75 Å². The molecule has 2 heterocycles. The van der Waals surface area contributed by atoms with Crippen LogP contribution in [0.4, 0.5) is 36.1 Å². The van der Waals surface area contributed by atoms with Crippen molar-refractivity contribution in [1.29, 1.82) is 0 Å². The fourth-order valence-electron chi connectivity index (χ4n) is 3.99. The summed E-state index contributed by atoms with van der Waals surface area (Å²) in [7, 11) is -2.01. The first-order chi connectivity index (χ1) is 17.5. The topological polar surface area (TPSA) is 101 Å².